The summed E-state index contributed by atoms with van der Waals surface area (Å²) >= 11 is 6.46. The quantitative estimate of drug-likeness (QED) is 0.0877. The van der Waals surface area contributed by atoms with Crippen molar-refractivity contribution in [2.75, 3.05) is 20.2 Å². The number of halogens is 1. The smallest absolute Gasteiger partial charge is 0.408 e. The molecule has 60 heavy (non-hydrogen) atoms. The minimum absolute atomic E-state index is 0.0319. The summed E-state index contributed by atoms with van der Waals surface area (Å²) in [4.78, 5) is 46.7. The predicted octanol–water partition coefficient (Wildman–Crippen LogP) is 5.48. The van der Waals surface area contributed by atoms with E-state index in [9.17, 15) is 27.9 Å². The van der Waals surface area contributed by atoms with Gasteiger partial charge in [0.15, 0.2) is 0 Å². The molecule has 4 N–H and O–H groups in total. The van der Waals surface area contributed by atoms with Gasteiger partial charge in [0.2, 0.25) is 21.8 Å². The van der Waals surface area contributed by atoms with Crippen molar-refractivity contribution in [2.45, 2.75) is 132 Å². The number of nitrogens with zero attached hydrogens (tertiary/aromatic N) is 2. The van der Waals surface area contributed by atoms with E-state index < -0.39 is 75.2 Å². The number of carbonyl (C=O) groups is 3. The van der Waals surface area contributed by atoms with E-state index in [1.807, 2.05) is 30.4 Å². The van der Waals surface area contributed by atoms with Gasteiger partial charge in [0.05, 0.1) is 36.6 Å². The highest BCUT2D eigenvalue weighted by Crippen LogP contribution is 2.47. The number of amides is 3. The largest absolute Gasteiger partial charge is 0.497 e. The topological polar surface area (TPSA) is 195 Å². The number of aliphatic hydroxyl groups excluding tert-OH is 1. The molecule has 17 heteroatoms. The molecular weight excluding hydrogens is 814 g/mol. The number of hydrogen-bond donors (Lipinski definition) is 4. The number of nitrogens with one attached hydrogen (secondary N) is 3. The molecule has 3 amide bonds. The summed E-state index contributed by atoms with van der Waals surface area (Å²) in [7, 11) is -2.32. The van der Waals surface area contributed by atoms with Crippen molar-refractivity contribution in [1.29, 1.82) is 0 Å². The molecule has 15 nitrogen and oxygen atoms in total. The maximum Gasteiger partial charge on any atom is 0.408 e. The third-order valence-electron chi connectivity index (χ3n) is 11.0. The van der Waals surface area contributed by atoms with Crippen LogP contribution in [0.25, 0.3) is 0 Å². The number of unbranched alkanes of at least 4 members (excludes halogenated alkanes) is 4. The highest BCUT2D eigenvalue weighted by atomic mass is 35.5. The van der Waals surface area contributed by atoms with Gasteiger partial charge in [0.25, 0.3) is 5.91 Å². The molecule has 2 aliphatic heterocycles. The molecule has 3 aliphatic carbocycles. The first-order chi connectivity index (χ1) is 28.5. The van der Waals surface area contributed by atoms with Gasteiger partial charge in [-0.25, -0.2) is 18.2 Å². The van der Waals surface area contributed by atoms with Crippen LogP contribution in [0.5, 0.6) is 11.6 Å². The van der Waals surface area contributed by atoms with E-state index in [1.54, 1.807) is 58.2 Å². The molecule has 0 aromatic carbocycles. The van der Waals surface area contributed by atoms with E-state index in [0.29, 0.717) is 35.1 Å². The van der Waals surface area contributed by atoms with Crippen molar-refractivity contribution in [3.05, 3.63) is 77.2 Å². The summed E-state index contributed by atoms with van der Waals surface area (Å²) in [6, 6.07) is 7.48. The lowest BCUT2D eigenvalue weighted by molar-refractivity contribution is -0.134. The number of alkyl carbamates (subject to hydrolysis) is 1. The van der Waals surface area contributed by atoms with Gasteiger partial charge in [0, 0.05) is 23.4 Å². The fraction of sp³-hybridized carbons (Fsp3) is 0.581. The van der Waals surface area contributed by atoms with Gasteiger partial charge >= 0.3 is 6.09 Å². The van der Waals surface area contributed by atoms with Crippen molar-refractivity contribution in [3.8, 4) is 11.6 Å². The molecule has 6 rings (SSSR count). The highest BCUT2D eigenvalue weighted by Gasteiger charge is 2.61. The Bertz CT molecular complexity index is 2030. The molecule has 3 unspecified atom stereocenters. The number of aliphatic hydroxyl groups is 1. The summed E-state index contributed by atoms with van der Waals surface area (Å²) in [5.74, 6) is -0.681. The van der Waals surface area contributed by atoms with E-state index in [2.05, 4.69) is 22.3 Å². The average molecular weight is 872 g/mol. The van der Waals surface area contributed by atoms with Crippen LogP contribution in [0.3, 0.4) is 0 Å². The Labute approximate surface area is 357 Å². The maximum absolute atomic E-state index is 13.9. The summed E-state index contributed by atoms with van der Waals surface area (Å²) in [6.45, 7) is 6.76. The van der Waals surface area contributed by atoms with Crippen LogP contribution in [0.2, 0.25) is 5.02 Å². The van der Waals surface area contributed by atoms with Gasteiger partial charge in [-0.05, 0) is 89.3 Å². The SMILES string of the molecule is CCCCCC/C=C\[C@@H]1C[C@]1(NC(O)[C@@H]1C[C@@H](Oc2ccc(Cl)cccc3c(n2)C2C=C(OC)C=CC2O3)CN1C(=O)CNC(=O)OC(C)(C)C)C(=O)NS(=O)(=O)C1CC1. The van der Waals surface area contributed by atoms with E-state index in [4.69, 9.17) is 35.5 Å². The Kier molecular flexibility index (Phi) is 14.4. The third kappa shape index (κ3) is 11.5. The molecule has 3 fully saturated rings. The molecule has 7 atom stereocenters. The Hall–Kier alpha value is -4.38. The number of hydrogen-bond acceptors (Lipinski definition) is 12. The van der Waals surface area contributed by atoms with Crippen LogP contribution in [-0.2, 0) is 29.1 Å². The zero-order chi connectivity index (χ0) is 43.2. The Morgan fingerprint density at radius 2 is 1.93 bits per heavy atom. The third-order valence-corrected chi connectivity index (χ3v) is 13.1. The van der Waals surface area contributed by atoms with Crippen molar-refractivity contribution in [1.82, 2.24) is 25.2 Å². The van der Waals surface area contributed by atoms with E-state index in [-0.39, 0.29) is 37.3 Å². The van der Waals surface area contributed by atoms with Gasteiger partial charge in [-0.3, -0.25) is 19.6 Å². The highest BCUT2D eigenvalue weighted by molar-refractivity contribution is 7.91. The zero-order valence-electron chi connectivity index (χ0n) is 34.9. The molecule has 5 aliphatic rings. The van der Waals surface area contributed by atoms with Crippen LogP contribution in [0.1, 0.15) is 97.1 Å². The Morgan fingerprint density at radius 3 is 2.65 bits per heavy atom. The first-order valence-corrected chi connectivity index (χ1v) is 22.7. The number of likely N-dealkylation sites (tertiary alicyclic amines) is 1. The maximum atomic E-state index is 13.9. The second kappa shape index (κ2) is 19.1. The number of carbonyl (C=O) groups excluding carboxylic acids is 3. The first-order valence-electron chi connectivity index (χ1n) is 20.8. The second-order valence-electron chi connectivity index (χ2n) is 17.0. The molecular formula is C43H58ClN5O10S. The zero-order valence-corrected chi connectivity index (χ0v) is 36.5. The van der Waals surface area contributed by atoms with Crippen LogP contribution in [0.15, 0.2) is 66.5 Å². The molecule has 328 valence electrons. The summed E-state index contributed by atoms with van der Waals surface area (Å²) in [5, 5.41) is 17.3. The fourth-order valence-electron chi connectivity index (χ4n) is 7.64. The van der Waals surface area contributed by atoms with Gasteiger partial charge in [-0.1, -0.05) is 56.0 Å². The fourth-order valence-corrected chi connectivity index (χ4v) is 9.14. The van der Waals surface area contributed by atoms with Gasteiger partial charge in [-0.2, -0.15) is 0 Å². The standard InChI is InChI=1S/C43H58ClN5O10S/c1-6-7-8-9-10-11-13-27-24-43(27,40(52)48-60(54,55)31-18-19-31)47-39(51)33-23-30(26-49(33)37(50)25-45-41(53)59-42(2,3)4)57-36-21-16-28(44)14-12-15-35-38(46-36)32-22-29(56-5)17-20-34(32)58-35/h11-17,20-22,27,30-34,39,47,51H,6-10,18-19,23-26H2,1-5H3,(H,45,53)(H,48,52)/b13-11-,14-12?,15-12?,21-16?,28-14?,28-16?,35-15?,36-21?,46-36?,46-38?/t27-,30-,32?,33+,34?,39?,43-/m1/s1. The van der Waals surface area contributed by atoms with E-state index in [1.165, 1.54) is 4.90 Å². The molecule has 0 radical (unpaired) electrons. The van der Waals surface area contributed by atoms with Crippen LogP contribution in [0.4, 0.5) is 4.79 Å². The van der Waals surface area contributed by atoms with Crippen molar-refractivity contribution in [3.63, 3.8) is 0 Å². The number of allylic oxidation sites excluding steroid dienone is 2. The summed E-state index contributed by atoms with van der Waals surface area (Å²) < 4.78 is 51.7. The van der Waals surface area contributed by atoms with Gasteiger partial charge < -0.3 is 34.3 Å². The summed E-state index contributed by atoms with van der Waals surface area (Å²) in [5.41, 5.74) is -1.67. The number of ether oxygens (including phenoxy) is 4. The Morgan fingerprint density at radius 1 is 1.15 bits per heavy atom. The van der Waals surface area contributed by atoms with Gasteiger partial charge in [0.1, 0.15) is 47.6 Å². The van der Waals surface area contributed by atoms with Crippen molar-refractivity contribution in [2.24, 2.45) is 5.92 Å². The minimum atomic E-state index is -3.90. The lowest BCUT2D eigenvalue weighted by Crippen LogP contribution is -2.59. The van der Waals surface area contributed by atoms with Gasteiger partial charge in [-0.15, -0.1) is 0 Å². The number of rotatable bonds is 17. The normalized spacial score (nSPS) is 25.9. The number of sulfonamides is 1. The summed E-state index contributed by atoms with van der Waals surface area (Å²) in [6.07, 6.45) is 12.5. The number of fused-ring (bicyclic) bond motifs is 3. The average Bonchev–Trinajstić information content (AvgIpc) is 4.10. The van der Waals surface area contributed by atoms with Crippen molar-refractivity contribution >= 4 is 39.5 Å². The molecule has 3 heterocycles. The van der Waals surface area contributed by atoms with Crippen LogP contribution >= 0.6 is 11.6 Å². The molecule has 2 saturated carbocycles. The van der Waals surface area contributed by atoms with Crippen LogP contribution < -0.4 is 24.8 Å². The Balaban J connectivity index is 1.27. The monoisotopic (exact) mass is 871 g/mol. The van der Waals surface area contributed by atoms with Crippen LogP contribution in [0, 0.1) is 5.92 Å². The molecule has 1 saturated heterocycles. The number of methoxy groups -OCH3 is 1. The second-order valence-corrected chi connectivity index (χ2v) is 19.3. The van der Waals surface area contributed by atoms with E-state index in [0.717, 1.165) is 32.1 Å². The number of aromatic nitrogens is 1. The first kappa shape index (κ1) is 45.2. The lowest BCUT2D eigenvalue weighted by Gasteiger charge is -2.31. The lowest BCUT2D eigenvalue weighted by atomic mass is 9.95. The molecule has 0 spiro atoms. The van der Waals surface area contributed by atoms with Crippen LogP contribution in [-0.4, -0.2) is 102 Å². The van der Waals surface area contributed by atoms with Crippen molar-refractivity contribution < 1.29 is 46.9 Å². The van der Waals surface area contributed by atoms with E-state index >= 15 is 0 Å². The predicted molar refractivity (Wildman–Crippen MR) is 225 cm³/mol. The molecule has 0 bridgehead atoms. The minimum Gasteiger partial charge on any atom is -0.497 e. The molecule has 1 aromatic heterocycles. The molecule has 1 aromatic rings.